The number of likely N-dealkylation sites (N-methyl/N-ethyl adjacent to an activating group) is 1. The number of hydrogen-bond donors (Lipinski definition) is 1. The summed E-state index contributed by atoms with van der Waals surface area (Å²) in [6.07, 6.45) is 0. The van der Waals surface area contributed by atoms with Crippen LogP contribution < -0.4 is 10.1 Å². The van der Waals surface area contributed by atoms with Crippen molar-refractivity contribution in [1.29, 1.82) is 0 Å². The summed E-state index contributed by atoms with van der Waals surface area (Å²) in [5.74, 6) is 0.182. The molecule has 0 aliphatic carbocycles. The van der Waals surface area contributed by atoms with Crippen molar-refractivity contribution in [3.63, 3.8) is 0 Å². The predicted octanol–water partition coefficient (Wildman–Crippen LogP) is 4.65. The lowest BCUT2D eigenvalue weighted by atomic mass is 10.0. The van der Waals surface area contributed by atoms with Gasteiger partial charge in [0.2, 0.25) is 5.91 Å². The molecule has 0 heterocycles. The van der Waals surface area contributed by atoms with Crippen LogP contribution in [0.1, 0.15) is 17.2 Å². The number of benzene rings is 3. The zero-order chi connectivity index (χ0) is 19.9. The van der Waals surface area contributed by atoms with Gasteiger partial charge in [-0.1, -0.05) is 54.6 Å². The molecule has 3 rings (SSSR count). The number of ether oxygens (including phenoxy) is 1. The third-order valence-corrected chi connectivity index (χ3v) is 4.52. The zero-order valence-electron chi connectivity index (χ0n) is 15.9. The third-order valence-electron chi connectivity index (χ3n) is 4.52. The van der Waals surface area contributed by atoms with Crippen molar-refractivity contribution in [2.45, 2.75) is 12.6 Å². The summed E-state index contributed by atoms with van der Waals surface area (Å²) in [6, 6.07) is 22.7. The summed E-state index contributed by atoms with van der Waals surface area (Å²) in [6.45, 7) is 0.303. The van der Waals surface area contributed by atoms with Gasteiger partial charge in [-0.25, -0.2) is 4.39 Å². The Morgan fingerprint density at radius 3 is 2.46 bits per heavy atom. The van der Waals surface area contributed by atoms with Gasteiger partial charge in [-0.2, -0.15) is 0 Å². The standard InChI is InChI=1S/C23H23FN2O2/c1-26(16-18-11-6-7-14-21(18)24)22(17-9-4-3-5-10-17)23(27)25-19-12-8-13-20(15-19)28-2/h3-15,22H,16H2,1-2H3,(H,25,27)/t22-/m1/s1. The smallest absolute Gasteiger partial charge is 0.246 e. The van der Waals surface area contributed by atoms with E-state index in [9.17, 15) is 9.18 Å². The van der Waals surface area contributed by atoms with Crippen molar-refractivity contribution in [3.05, 3.63) is 95.8 Å². The topological polar surface area (TPSA) is 41.6 Å². The molecule has 4 nitrogen and oxygen atoms in total. The largest absolute Gasteiger partial charge is 0.497 e. The number of anilines is 1. The maximum Gasteiger partial charge on any atom is 0.246 e. The van der Waals surface area contributed by atoms with Gasteiger partial charge < -0.3 is 10.1 Å². The van der Waals surface area contributed by atoms with Crippen LogP contribution in [0, 0.1) is 5.82 Å². The SMILES string of the molecule is COc1cccc(NC(=O)[C@@H](c2ccccc2)N(C)Cc2ccccc2F)c1. The van der Waals surface area contributed by atoms with Crippen molar-refractivity contribution in [2.75, 3.05) is 19.5 Å². The molecule has 0 saturated carbocycles. The monoisotopic (exact) mass is 378 g/mol. The van der Waals surface area contributed by atoms with Crippen LogP contribution >= 0.6 is 0 Å². The van der Waals surface area contributed by atoms with E-state index in [1.165, 1.54) is 6.07 Å². The lowest BCUT2D eigenvalue weighted by molar-refractivity contribution is -0.121. The lowest BCUT2D eigenvalue weighted by Gasteiger charge is -2.28. The summed E-state index contributed by atoms with van der Waals surface area (Å²) >= 11 is 0. The zero-order valence-corrected chi connectivity index (χ0v) is 15.9. The number of nitrogens with zero attached hydrogens (tertiary/aromatic N) is 1. The number of hydrogen-bond acceptors (Lipinski definition) is 3. The minimum Gasteiger partial charge on any atom is -0.497 e. The first kappa shape index (κ1) is 19.6. The van der Waals surface area contributed by atoms with Crippen molar-refractivity contribution >= 4 is 11.6 Å². The van der Waals surface area contributed by atoms with Gasteiger partial charge in [0.15, 0.2) is 0 Å². The molecule has 28 heavy (non-hydrogen) atoms. The Balaban J connectivity index is 1.86. The Hall–Kier alpha value is -3.18. The van der Waals surface area contributed by atoms with E-state index < -0.39 is 6.04 Å². The molecular weight excluding hydrogens is 355 g/mol. The van der Waals surface area contributed by atoms with E-state index in [2.05, 4.69) is 5.32 Å². The number of halogens is 1. The number of methoxy groups -OCH3 is 1. The van der Waals surface area contributed by atoms with Crippen LogP contribution in [0.15, 0.2) is 78.9 Å². The van der Waals surface area contributed by atoms with Gasteiger partial charge in [0, 0.05) is 23.9 Å². The van der Waals surface area contributed by atoms with Crippen LogP contribution in [0.2, 0.25) is 0 Å². The van der Waals surface area contributed by atoms with Crippen molar-refractivity contribution < 1.29 is 13.9 Å². The first-order chi connectivity index (χ1) is 13.6. The summed E-state index contributed by atoms with van der Waals surface area (Å²) in [4.78, 5) is 15.0. The lowest BCUT2D eigenvalue weighted by Crippen LogP contribution is -2.34. The Morgan fingerprint density at radius 1 is 1.04 bits per heavy atom. The van der Waals surface area contributed by atoms with Gasteiger partial charge in [0.25, 0.3) is 0 Å². The molecule has 5 heteroatoms. The molecule has 0 saturated heterocycles. The molecule has 1 atom stereocenters. The molecule has 1 N–H and O–H groups in total. The second-order valence-electron chi connectivity index (χ2n) is 6.54. The molecule has 0 unspecified atom stereocenters. The van der Waals surface area contributed by atoms with Crippen molar-refractivity contribution in [2.24, 2.45) is 0 Å². The molecule has 3 aromatic rings. The highest BCUT2D eigenvalue weighted by Crippen LogP contribution is 2.25. The maximum atomic E-state index is 14.1. The van der Waals surface area contributed by atoms with Gasteiger partial charge >= 0.3 is 0 Å². The Morgan fingerprint density at radius 2 is 1.75 bits per heavy atom. The van der Waals surface area contributed by atoms with Crippen molar-refractivity contribution in [1.82, 2.24) is 4.90 Å². The molecule has 3 aromatic carbocycles. The van der Waals surface area contributed by atoms with Gasteiger partial charge in [-0.15, -0.1) is 0 Å². The van der Waals surface area contributed by atoms with E-state index in [1.807, 2.05) is 54.4 Å². The van der Waals surface area contributed by atoms with Gasteiger partial charge in [0.05, 0.1) is 7.11 Å². The molecule has 144 valence electrons. The molecule has 0 aliphatic rings. The fourth-order valence-electron chi connectivity index (χ4n) is 3.14. The van der Waals surface area contributed by atoms with Crippen LogP contribution in [0.25, 0.3) is 0 Å². The molecule has 0 aromatic heterocycles. The second kappa shape index (κ2) is 9.15. The van der Waals surface area contributed by atoms with E-state index in [1.54, 1.807) is 37.4 Å². The number of carbonyl (C=O) groups excluding carboxylic acids is 1. The number of carbonyl (C=O) groups is 1. The quantitative estimate of drug-likeness (QED) is 0.651. The van der Waals surface area contributed by atoms with Crippen molar-refractivity contribution in [3.8, 4) is 5.75 Å². The predicted molar refractivity (Wildman–Crippen MR) is 109 cm³/mol. The average Bonchev–Trinajstić information content (AvgIpc) is 2.71. The molecule has 0 bridgehead atoms. The van der Waals surface area contributed by atoms with E-state index in [4.69, 9.17) is 4.74 Å². The molecule has 0 radical (unpaired) electrons. The first-order valence-electron chi connectivity index (χ1n) is 9.02. The summed E-state index contributed by atoms with van der Waals surface area (Å²) < 4.78 is 19.3. The number of amides is 1. The van der Waals surface area contributed by atoms with Crippen LogP contribution in [0.5, 0.6) is 5.75 Å². The first-order valence-corrected chi connectivity index (χ1v) is 9.02. The number of nitrogens with one attached hydrogen (secondary N) is 1. The average molecular weight is 378 g/mol. The molecule has 1 amide bonds. The third kappa shape index (κ3) is 4.75. The normalized spacial score (nSPS) is 11.9. The summed E-state index contributed by atoms with van der Waals surface area (Å²) in [5, 5.41) is 2.94. The van der Waals surface area contributed by atoms with Crippen LogP contribution in [-0.2, 0) is 11.3 Å². The van der Waals surface area contributed by atoms with E-state index >= 15 is 0 Å². The van der Waals surface area contributed by atoms with E-state index in [-0.39, 0.29) is 11.7 Å². The summed E-state index contributed by atoms with van der Waals surface area (Å²) in [7, 11) is 3.39. The fourth-order valence-corrected chi connectivity index (χ4v) is 3.14. The summed E-state index contributed by atoms with van der Waals surface area (Å²) in [5.41, 5.74) is 2.02. The molecule has 0 spiro atoms. The fraction of sp³-hybridized carbons (Fsp3) is 0.174. The second-order valence-corrected chi connectivity index (χ2v) is 6.54. The van der Waals surface area contributed by atoms with Gasteiger partial charge in [-0.05, 0) is 30.8 Å². The maximum absolute atomic E-state index is 14.1. The highest BCUT2D eigenvalue weighted by atomic mass is 19.1. The van der Waals surface area contributed by atoms with Crippen LogP contribution in [0.3, 0.4) is 0 Å². The van der Waals surface area contributed by atoms with Crippen LogP contribution in [-0.4, -0.2) is 25.0 Å². The number of rotatable bonds is 7. The van der Waals surface area contributed by atoms with Gasteiger partial charge in [0.1, 0.15) is 17.6 Å². The molecule has 0 aliphatic heterocycles. The highest BCUT2D eigenvalue weighted by Gasteiger charge is 2.26. The highest BCUT2D eigenvalue weighted by molar-refractivity contribution is 5.95. The Labute approximate surface area is 164 Å². The van der Waals surface area contributed by atoms with Crippen LogP contribution in [0.4, 0.5) is 10.1 Å². The van der Waals surface area contributed by atoms with E-state index in [0.29, 0.717) is 23.5 Å². The minimum absolute atomic E-state index is 0.196. The Bertz CT molecular complexity index is 931. The molecular formula is C23H23FN2O2. The molecule has 0 fully saturated rings. The Kier molecular flexibility index (Phi) is 6.40. The van der Waals surface area contributed by atoms with E-state index in [0.717, 1.165) is 5.56 Å². The van der Waals surface area contributed by atoms with Gasteiger partial charge in [-0.3, -0.25) is 9.69 Å². The minimum atomic E-state index is -0.577.